The third kappa shape index (κ3) is 5.17. The van der Waals surface area contributed by atoms with Crippen LogP contribution in [0.25, 0.3) is 11.4 Å². The second-order valence-electron chi connectivity index (χ2n) is 10.3. The van der Waals surface area contributed by atoms with Crippen molar-refractivity contribution < 1.29 is 9.32 Å². The summed E-state index contributed by atoms with van der Waals surface area (Å²) in [4.78, 5) is 31.1. The Balaban J connectivity index is 1.36. The van der Waals surface area contributed by atoms with Crippen LogP contribution in [0.5, 0.6) is 0 Å². The number of aromatic nitrogens is 7. The lowest BCUT2D eigenvalue weighted by Crippen LogP contribution is -2.13. The zero-order valence-electron chi connectivity index (χ0n) is 21.0. The van der Waals surface area contributed by atoms with Crippen molar-refractivity contribution in [2.24, 2.45) is 7.05 Å². The number of Topliss-reactive ketones (excluding diaryl/α,β-unsaturated/α-hetero) is 1. The topological polar surface area (TPSA) is 125 Å². The van der Waals surface area contributed by atoms with Gasteiger partial charge >= 0.3 is 0 Å². The molecule has 4 aromatic rings. The Morgan fingerprint density at radius 2 is 2.03 bits per heavy atom. The summed E-state index contributed by atoms with van der Waals surface area (Å²) in [6.07, 6.45) is 11.5. The van der Waals surface area contributed by atoms with E-state index in [9.17, 15) is 4.79 Å². The summed E-state index contributed by atoms with van der Waals surface area (Å²) in [5.41, 5.74) is 4.36. The van der Waals surface area contributed by atoms with Crippen LogP contribution in [0.3, 0.4) is 0 Å². The van der Waals surface area contributed by atoms with Crippen LogP contribution < -0.4 is 5.32 Å². The molecule has 0 saturated carbocycles. The van der Waals surface area contributed by atoms with Crippen LogP contribution in [0.2, 0.25) is 0 Å². The van der Waals surface area contributed by atoms with Gasteiger partial charge in [-0.3, -0.25) is 14.5 Å². The number of carbonyl (C=O) groups is 1. The number of ketones is 1. The Bertz CT molecular complexity index is 1380. The number of anilines is 2. The number of hydrogen-bond acceptors (Lipinski definition) is 9. The molecule has 0 amide bonds. The predicted octanol–water partition coefficient (Wildman–Crippen LogP) is 4.78. The molecule has 0 saturated heterocycles. The van der Waals surface area contributed by atoms with Crippen molar-refractivity contribution in [1.82, 2.24) is 34.9 Å². The van der Waals surface area contributed by atoms with Gasteiger partial charge in [-0.25, -0.2) is 9.97 Å². The number of aryl methyl sites for hydroxylation is 2. The summed E-state index contributed by atoms with van der Waals surface area (Å²) in [5, 5.41) is 11.3. The van der Waals surface area contributed by atoms with Crippen LogP contribution in [-0.4, -0.2) is 40.7 Å². The van der Waals surface area contributed by atoms with Crippen LogP contribution in [0.15, 0.2) is 41.4 Å². The summed E-state index contributed by atoms with van der Waals surface area (Å²) in [5.74, 6) is 1.08. The van der Waals surface area contributed by atoms with Gasteiger partial charge < -0.3 is 9.84 Å². The number of fused-ring (bicyclic) bond motifs is 1. The SMILES string of the molecule is Cn1cc(Nc2nccc(-c3cc4c(cn3)[C@@H](CC(=O)c3noc(C(C)(C)C)n3)CCCC4)n2)cn1. The molecular formula is C26H30N8O2. The highest BCUT2D eigenvalue weighted by atomic mass is 16.5. The highest BCUT2D eigenvalue weighted by Crippen LogP contribution is 2.35. The van der Waals surface area contributed by atoms with Crippen molar-refractivity contribution in [2.45, 2.75) is 64.2 Å². The summed E-state index contributed by atoms with van der Waals surface area (Å²) in [6.45, 7) is 5.94. The lowest BCUT2D eigenvalue weighted by molar-refractivity contribution is 0.0959. The number of pyridine rings is 1. The van der Waals surface area contributed by atoms with Gasteiger partial charge in [0.25, 0.3) is 0 Å². The monoisotopic (exact) mass is 486 g/mol. The largest absolute Gasteiger partial charge is 0.338 e. The lowest BCUT2D eigenvalue weighted by atomic mass is 9.89. The van der Waals surface area contributed by atoms with Gasteiger partial charge in [-0.1, -0.05) is 32.3 Å². The van der Waals surface area contributed by atoms with E-state index >= 15 is 0 Å². The second-order valence-corrected chi connectivity index (χ2v) is 10.3. The lowest BCUT2D eigenvalue weighted by Gasteiger charge is -2.17. The minimum Gasteiger partial charge on any atom is -0.338 e. The van der Waals surface area contributed by atoms with Crippen LogP contribution in [0.1, 0.15) is 80.0 Å². The molecule has 0 radical (unpaired) electrons. The van der Waals surface area contributed by atoms with Crippen molar-refractivity contribution in [3.8, 4) is 11.4 Å². The van der Waals surface area contributed by atoms with Crippen molar-refractivity contribution in [3.63, 3.8) is 0 Å². The van der Waals surface area contributed by atoms with E-state index in [-0.39, 0.29) is 22.9 Å². The van der Waals surface area contributed by atoms with Gasteiger partial charge in [-0.05, 0) is 48.4 Å². The van der Waals surface area contributed by atoms with Crippen LogP contribution in [0, 0.1) is 0 Å². The average molecular weight is 487 g/mol. The summed E-state index contributed by atoms with van der Waals surface area (Å²) >= 11 is 0. The molecule has 36 heavy (non-hydrogen) atoms. The Hall–Kier alpha value is -3.95. The average Bonchev–Trinajstić information content (AvgIpc) is 3.46. The highest BCUT2D eigenvalue weighted by molar-refractivity contribution is 5.92. The molecule has 0 unspecified atom stereocenters. The van der Waals surface area contributed by atoms with Crippen LogP contribution in [0.4, 0.5) is 11.6 Å². The van der Waals surface area contributed by atoms with Crippen molar-refractivity contribution in [3.05, 3.63) is 59.8 Å². The van der Waals surface area contributed by atoms with E-state index in [1.54, 1.807) is 17.1 Å². The number of carbonyl (C=O) groups excluding carboxylic acids is 1. The number of hydrogen-bond donors (Lipinski definition) is 1. The summed E-state index contributed by atoms with van der Waals surface area (Å²) in [7, 11) is 1.86. The van der Waals surface area contributed by atoms with E-state index in [0.29, 0.717) is 18.3 Å². The van der Waals surface area contributed by atoms with E-state index in [2.05, 4.69) is 36.6 Å². The van der Waals surface area contributed by atoms with Gasteiger partial charge in [-0.2, -0.15) is 10.1 Å². The molecule has 0 aromatic carbocycles. The molecule has 1 atom stereocenters. The molecule has 5 rings (SSSR count). The number of rotatable bonds is 6. The first-order valence-corrected chi connectivity index (χ1v) is 12.2. The molecule has 1 N–H and O–H groups in total. The van der Waals surface area contributed by atoms with E-state index < -0.39 is 0 Å². The maximum atomic E-state index is 13.0. The van der Waals surface area contributed by atoms with Gasteiger partial charge in [0.05, 0.1) is 23.3 Å². The second kappa shape index (κ2) is 9.60. The first-order valence-electron chi connectivity index (χ1n) is 12.2. The van der Waals surface area contributed by atoms with Gasteiger partial charge in [0.15, 0.2) is 0 Å². The summed E-state index contributed by atoms with van der Waals surface area (Å²) < 4.78 is 7.04. The molecule has 1 aliphatic carbocycles. The maximum Gasteiger partial charge on any atom is 0.238 e. The van der Waals surface area contributed by atoms with Crippen molar-refractivity contribution >= 4 is 17.4 Å². The molecule has 10 nitrogen and oxygen atoms in total. The van der Waals surface area contributed by atoms with Gasteiger partial charge in [0.2, 0.25) is 23.4 Å². The molecule has 0 fully saturated rings. The summed E-state index contributed by atoms with van der Waals surface area (Å²) in [6, 6.07) is 3.95. The number of nitrogens with one attached hydrogen (secondary N) is 1. The molecule has 4 heterocycles. The van der Waals surface area contributed by atoms with E-state index in [0.717, 1.165) is 48.3 Å². The molecule has 4 aromatic heterocycles. The maximum absolute atomic E-state index is 13.0. The zero-order valence-corrected chi connectivity index (χ0v) is 21.0. The first kappa shape index (κ1) is 23.8. The zero-order chi connectivity index (χ0) is 25.3. The minimum atomic E-state index is -0.296. The molecule has 186 valence electrons. The minimum absolute atomic E-state index is 0.0707. The predicted molar refractivity (Wildman–Crippen MR) is 134 cm³/mol. The fraction of sp³-hybridized carbons (Fsp3) is 0.423. The molecule has 0 bridgehead atoms. The van der Waals surface area contributed by atoms with Crippen molar-refractivity contribution in [2.75, 3.05) is 5.32 Å². The molecule has 0 aliphatic heterocycles. The standard InChI is InChI=1S/C26H30N8O2/c1-26(2,3)24-32-23(33-36-24)22(35)12-17-8-6-5-7-16-11-21(28-14-19(16)17)20-9-10-27-25(31-20)30-18-13-29-34(4)15-18/h9-11,13-15,17H,5-8,12H2,1-4H3,(H,27,30,31)/t17-/m1/s1. The van der Waals surface area contributed by atoms with E-state index in [1.807, 2.05) is 46.3 Å². The first-order chi connectivity index (χ1) is 17.3. The molecule has 1 aliphatic rings. The third-order valence-electron chi connectivity index (χ3n) is 6.34. The fourth-order valence-electron chi connectivity index (χ4n) is 4.44. The fourth-order valence-corrected chi connectivity index (χ4v) is 4.44. The van der Waals surface area contributed by atoms with Gasteiger partial charge in [-0.15, -0.1) is 0 Å². The van der Waals surface area contributed by atoms with Crippen LogP contribution >= 0.6 is 0 Å². The van der Waals surface area contributed by atoms with Gasteiger partial charge in [0.1, 0.15) is 0 Å². The smallest absolute Gasteiger partial charge is 0.238 e. The number of nitrogens with zero attached hydrogens (tertiary/aromatic N) is 7. The quantitative estimate of drug-likeness (QED) is 0.303. The normalized spacial score (nSPS) is 15.8. The Kier molecular flexibility index (Phi) is 6.34. The van der Waals surface area contributed by atoms with E-state index in [1.165, 1.54) is 5.56 Å². The molecule has 10 heteroatoms. The Labute approximate surface area is 209 Å². The van der Waals surface area contributed by atoms with Crippen molar-refractivity contribution in [1.29, 1.82) is 0 Å². The molecular weight excluding hydrogens is 456 g/mol. The van der Waals surface area contributed by atoms with Gasteiger partial charge in [0, 0.05) is 37.5 Å². The molecule has 0 spiro atoms. The van der Waals surface area contributed by atoms with Crippen LogP contribution in [-0.2, 0) is 18.9 Å². The van der Waals surface area contributed by atoms with E-state index in [4.69, 9.17) is 9.51 Å². The highest BCUT2D eigenvalue weighted by Gasteiger charge is 2.28. The Morgan fingerprint density at radius 3 is 2.78 bits per heavy atom. The Morgan fingerprint density at radius 1 is 1.17 bits per heavy atom. The third-order valence-corrected chi connectivity index (χ3v) is 6.34.